The van der Waals surface area contributed by atoms with Crippen molar-refractivity contribution in [3.8, 4) is 0 Å². The summed E-state index contributed by atoms with van der Waals surface area (Å²) in [5.41, 5.74) is 1.28. The molecule has 2 aromatic heterocycles. The summed E-state index contributed by atoms with van der Waals surface area (Å²) >= 11 is 1.79. The van der Waals surface area contributed by atoms with E-state index in [1.54, 1.807) is 29.7 Å². The van der Waals surface area contributed by atoms with Gasteiger partial charge >= 0.3 is 0 Å². The Morgan fingerprint density at radius 2 is 2.44 bits per heavy atom. The number of thiazole rings is 1. The first-order valence-corrected chi connectivity index (χ1v) is 7.04. The van der Waals surface area contributed by atoms with Crippen molar-refractivity contribution in [2.24, 2.45) is 0 Å². The molecule has 0 radical (unpaired) electrons. The summed E-state index contributed by atoms with van der Waals surface area (Å²) in [6.45, 7) is 1.20. The van der Waals surface area contributed by atoms with Crippen molar-refractivity contribution in [3.63, 3.8) is 0 Å². The number of nitrogens with one attached hydrogen (secondary N) is 1. The molecule has 0 fully saturated rings. The van der Waals surface area contributed by atoms with Crippen molar-refractivity contribution in [1.29, 1.82) is 0 Å². The Hall–Kier alpha value is -1.17. The average Bonchev–Trinajstić information content (AvgIpc) is 3.05. The minimum Gasteiger partial charge on any atom is -0.467 e. The van der Waals surface area contributed by atoms with Gasteiger partial charge in [0.2, 0.25) is 0 Å². The maximum absolute atomic E-state index is 9.83. The fraction of sp³-hybridized carbons (Fsp3) is 0.462. The molecule has 0 saturated carbocycles. The zero-order chi connectivity index (χ0) is 12.4. The highest BCUT2D eigenvalue weighted by molar-refractivity contribution is 7.11. The van der Waals surface area contributed by atoms with Gasteiger partial charge in [0, 0.05) is 18.0 Å². The Morgan fingerprint density at radius 3 is 3.22 bits per heavy atom. The van der Waals surface area contributed by atoms with E-state index in [4.69, 9.17) is 4.42 Å². The van der Waals surface area contributed by atoms with Crippen LogP contribution in [0.25, 0.3) is 0 Å². The normalized spacial score (nSPS) is 15.8. The molecule has 0 saturated heterocycles. The molecule has 0 aliphatic heterocycles. The van der Waals surface area contributed by atoms with Crippen LogP contribution in [0.15, 0.2) is 22.8 Å². The highest BCUT2D eigenvalue weighted by Gasteiger charge is 2.16. The third-order valence-corrected chi connectivity index (χ3v) is 4.28. The lowest BCUT2D eigenvalue weighted by molar-refractivity contribution is 0.147. The number of fused-ring (bicyclic) bond motifs is 1. The van der Waals surface area contributed by atoms with E-state index >= 15 is 0 Å². The molecule has 1 unspecified atom stereocenters. The number of nitrogens with zero attached hydrogens (tertiary/aromatic N) is 1. The lowest BCUT2D eigenvalue weighted by atomic mass is 10.3. The molecule has 1 aliphatic rings. The quantitative estimate of drug-likeness (QED) is 0.867. The van der Waals surface area contributed by atoms with E-state index in [0.29, 0.717) is 12.3 Å². The van der Waals surface area contributed by atoms with E-state index < -0.39 is 6.10 Å². The molecule has 96 valence electrons. The van der Waals surface area contributed by atoms with Gasteiger partial charge in [0.25, 0.3) is 0 Å². The minimum atomic E-state index is -0.591. The topological polar surface area (TPSA) is 58.3 Å². The van der Waals surface area contributed by atoms with Gasteiger partial charge in [0.05, 0.1) is 12.0 Å². The third kappa shape index (κ3) is 2.48. The number of aliphatic hydroxyl groups excluding tert-OH is 1. The van der Waals surface area contributed by atoms with Crippen LogP contribution in [0, 0.1) is 0 Å². The number of aromatic nitrogens is 1. The first kappa shape index (κ1) is 11.9. The van der Waals surface area contributed by atoms with Crippen LogP contribution in [0.5, 0.6) is 0 Å². The molecule has 0 aromatic carbocycles. The number of hydrogen-bond acceptors (Lipinski definition) is 5. The van der Waals surface area contributed by atoms with Gasteiger partial charge < -0.3 is 14.8 Å². The summed E-state index contributed by atoms with van der Waals surface area (Å²) in [5.74, 6) is 0.601. The lowest BCUT2D eigenvalue weighted by Gasteiger charge is -2.08. The van der Waals surface area contributed by atoms with Gasteiger partial charge in [-0.05, 0) is 31.4 Å². The Morgan fingerprint density at radius 1 is 1.50 bits per heavy atom. The van der Waals surface area contributed by atoms with Gasteiger partial charge in [-0.25, -0.2) is 4.98 Å². The third-order valence-electron chi connectivity index (χ3n) is 3.13. The van der Waals surface area contributed by atoms with Gasteiger partial charge in [0.15, 0.2) is 0 Å². The summed E-state index contributed by atoms with van der Waals surface area (Å²) < 4.78 is 5.14. The first-order valence-electron chi connectivity index (χ1n) is 6.22. The fourth-order valence-electron chi connectivity index (χ4n) is 2.22. The Bertz CT molecular complexity index is 486. The molecular weight excluding hydrogens is 248 g/mol. The monoisotopic (exact) mass is 264 g/mol. The molecule has 1 atom stereocenters. The second-order valence-corrected chi connectivity index (χ2v) is 5.66. The Kier molecular flexibility index (Phi) is 3.45. The number of rotatable bonds is 5. The van der Waals surface area contributed by atoms with E-state index in [-0.39, 0.29) is 0 Å². The second-order valence-electron chi connectivity index (χ2n) is 4.49. The van der Waals surface area contributed by atoms with Gasteiger partial charge in [-0.2, -0.15) is 0 Å². The molecule has 0 amide bonds. The molecule has 0 spiro atoms. The number of aliphatic hydroxyl groups is 1. The van der Waals surface area contributed by atoms with Crippen LogP contribution < -0.4 is 5.32 Å². The molecule has 1 aliphatic carbocycles. The minimum absolute atomic E-state index is 0.484. The van der Waals surface area contributed by atoms with Crippen molar-refractivity contribution in [1.82, 2.24) is 10.3 Å². The SMILES string of the molecule is OC(CNCc1nc2c(s1)CCC2)c1ccco1. The van der Waals surface area contributed by atoms with Crippen molar-refractivity contribution in [2.75, 3.05) is 6.54 Å². The van der Waals surface area contributed by atoms with Gasteiger partial charge in [-0.3, -0.25) is 0 Å². The first-order chi connectivity index (χ1) is 8.83. The highest BCUT2D eigenvalue weighted by atomic mass is 32.1. The van der Waals surface area contributed by atoms with Crippen LogP contribution in [0.4, 0.5) is 0 Å². The van der Waals surface area contributed by atoms with Crippen LogP contribution in [0.1, 0.15) is 33.9 Å². The predicted molar refractivity (Wildman–Crippen MR) is 69.5 cm³/mol. The molecule has 3 rings (SSSR count). The average molecular weight is 264 g/mol. The van der Waals surface area contributed by atoms with Gasteiger partial charge in [0.1, 0.15) is 16.9 Å². The number of aryl methyl sites for hydroxylation is 2. The van der Waals surface area contributed by atoms with Crippen LogP contribution >= 0.6 is 11.3 Å². The van der Waals surface area contributed by atoms with Crippen molar-refractivity contribution >= 4 is 11.3 Å². The summed E-state index contributed by atoms with van der Waals surface area (Å²) in [6.07, 6.45) is 4.54. The van der Waals surface area contributed by atoms with Gasteiger partial charge in [-0.1, -0.05) is 0 Å². The van der Waals surface area contributed by atoms with Crippen LogP contribution in [-0.2, 0) is 19.4 Å². The van der Waals surface area contributed by atoms with Crippen molar-refractivity contribution in [3.05, 3.63) is 39.7 Å². The van der Waals surface area contributed by atoms with Gasteiger partial charge in [-0.15, -0.1) is 11.3 Å². The molecule has 18 heavy (non-hydrogen) atoms. The zero-order valence-corrected chi connectivity index (χ0v) is 10.9. The van der Waals surface area contributed by atoms with Crippen molar-refractivity contribution in [2.45, 2.75) is 31.9 Å². The summed E-state index contributed by atoms with van der Waals surface area (Å²) in [5, 5.41) is 14.2. The fourth-order valence-corrected chi connectivity index (χ4v) is 3.34. The smallest absolute Gasteiger partial charge is 0.133 e. The molecule has 0 bridgehead atoms. The maximum Gasteiger partial charge on any atom is 0.133 e. The predicted octanol–water partition coefficient (Wildman–Crippen LogP) is 2.05. The van der Waals surface area contributed by atoms with Crippen LogP contribution in [0.3, 0.4) is 0 Å². The summed E-state index contributed by atoms with van der Waals surface area (Å²) in [4.78, 5) is 6.04. The van der Waals surface area contributed by atoms with E-state index in [2.05, 4.69) is 10.3 Å². The van der Waals surface area contributed by atoms with Crippen LogP contribution in [0.2, 0.25) is 0 Å². The molecule has 2 aromatic rings. The number of furan rings is 1. The van der Waals surface area contributed by atoms with E-state index in [0.717, 1.165) is 18.0 Å². The zero-order valence-electron chi connectivity index (χ0n) is 10.1. The van der Waals surface area contributed by atoms with E-state index in [1.807, 2.05) is 0 Å². The van der Waals surface area contributed by atoms with E-state index in [1.165, 1.54) is 23.4 Å². The molecular formula is C13H16N2O2S. The summed E-state index contributed by atoms with van der Waals surface area (Å²) in [7, 11) is 0. The number of hydrogen-bond donors (Lipinski definition) is 2. The molecule has 4 nitrogen and oxygen atoms in total. The largest absolute Gasteiger partial charge is 0.467 e. The standard InChI is InChI=1S/C13H16N2O2S/c16-10(11-4-2-6-17-11)7-14-8-13-15-9-3-1-5-12(9)18-13/h2,4,6,10,14,16H,1,3,5,7-8H2. The highest BCUT2D eigenvalue weighted by Crippen LogP contribution is 2.27. The lowest BCUT2D eigenvalue weighted by Crippen LogP contribution is -2.20. The second kappa shape index (κ2) is 5.22. The molecule has 2 N–H and O–H groups in total. The Labute approximate surface area is 110 Å². The maximum atomic E-state index is 9.83. The summed E-state index contributed by atoms with van der Waals surface area (Å²) in [6, 6.07) is 3.56. The Balaban J connectivity index is 1.49. The molecule has 2 heterocycles. The van der Waals surface area contributed by atoms with Crippen LogP contribution in [-0.4, -0.2) is 16.6 Å². The molecule has 5 heteroatoms. The van der Waals surface area contributed by atoms with E-state index in [9.17, 15) is 5.11 Å². The van der Waals surface area contributed by atoms with Crippen molar-refractivity contribution < 1.29 is 9.52 Å².